The van der Waals surface area contributed by atoms with E-state index in [-0.39, 0.29) is 30.7 Å². The third-order valence-electron chi connectivity index (χ3n) is 2.40. The molecule has 17 heavy (non-hydrogen) atoms. The van der Waals surface area contributed by atoms with Crippen molar-refractivity contribution in [1.82, 2.24) is 5.32 Å². The summed E-state index contributed by atoms with van der Waals surface area (Å²) in [5.41, 5.74) is 0.481. The molecule has 1 rings (SSSR count). The minimum Gasteiger partial charge on any atom is -0.480 e. The van der Waals surface area contributed by atoms with Gasteiger partial charge in [0.25, 0.3) is 0 Å². The first kappa shape index (κ1) is 15.9. The van der Waals surface area contributed by atoms with Crippen LogP contribution in [-0.2, 0) is 11.3 Å². The molecule has 0 aliphatic carbocycles. The maximum atomic E-state index is 13.3. The van der Waals surface area contributed by atoms with Crippen LogP contribution in [0.3, 0.4) is 0 Å². The fourth-order valence-corrected chi connectivity index (χ4v) is 1.47. The second-order valence-corrected chi connectivity index (χ2v) is 4.03. The van der Waals surface area contributed by atoms with E-state index < -0.39 is 12.0 Å². The van der Waals surface area contributed by atoms with Gasteiger partial charge in [-0.3, -0.25) is 10.1 Å². The molecule has 5 heteroatoms. The molecule has 0 aliphatic rings. The second-order valence-electron chi connectivity index (χ2n) is 4.03. The van der Waals surface area contributed by atoms with Crippen molar-refractivity contribution in [1.29, 1.82) is 0 Å². The highest BCUT2D eigenvalue weighted by atomic mass is 35.5. The molecule has 0 bridgehead atoms. The smallest absolute Gasteiger partial charge is 0.320 e. The average molecular weight is 262 g/mol. The molecule has 0 aromatic heterocycles. The Balaban J connectivity index is 0.00000256. The Bertz CT molecular complexity index is 371. The lowest BCUT2D eigenvalue weighted by Gasteiger charge is -2.18. The molecule has 0 saturated carbocycles. The van der Waals surface area contributed by atoms with E-state index in [1.54, 1.807) is 18.2 Å². The number of hydrogen-bond acceptors (Lipinski definition) is 2. The highest BCUT2D eigenvalue weighted by Gasteiger charge is 2.20. The lowest BCUT2D eigenvalue weighted by molar-refractivity contribution is -0.140. The van der Waals surface area contributed by atoms with Crippen LogP contribution < -0.4 is 5.32 Å². The number of nitrogens with one attached hydrogen (secondary N) is 1. The van der Waals surface area contributed by atoms with E-state index in [2.05, 4.69) is 5.32 Å². The molecule has 96 valence electrons. The summed E-state index contributed by atoms with van der Waals surface area (Å²) in [5, 5.41) is 11.8. The van der Waals surface area contributed by atoms with Crippen LogP contribution >= 0.6 is 12.4 Å². The number of rotatable bonds is 5. The van der Waals surface area contributed by atoms with Crippen molar-refractivity contribution >= 4 is 18.4 Å². The summed E-state index contributed by atoms with van der Waals surface area (Å²) in [4.78, 5) is 10.9. The average Bonchev–Trinajstić information content (AvgIpc) is 2.20. The van der Waals surface area contributed by atoms with Crippen molar-refractivity contribution < 1.29 is 14.3 Å². The van der Waals surface area contributed by atoms with E-state index >= 15 is 0 Å². The Morgan fingerprint density at radius 2 is 2.00 bits per heavy atom. The van der Waals surface area contributed by atoms with Gasteiger partial charge in [0.05, 0.1) is 0 Å². The quantitative estimate of drug-likeness (QED) is 0.856. The van der Waals surface area contributed by atoms with Crippen LogP contribution in [0.4, 0.5) is 4.39 Å². The standard InChI is InChI=1S/C12H16FNO2.ClH/c1-8(2)11(12(15)16)14-7-9-5-3-4-6-10(9)13;/h3-6,8,11,14H,7H2,1-2H3,(H,15,16);1H. The van der Waals surface area contributed by atoms with Gasteiger partial charge in [-0.2, -0.15) is 0 Å². The van der Waals surface area contributed by atoms with Crippen LogP contribution in [-0.4, -0.2) is 17.1 Å². The fraction of sp³-hybridized carbons (Fsp3) is 0.417. The summed E-state index contributed by atoms with van der Waals surface area (Å²) in [5.74, 6) is -1.27. The Morgan fingerprint density at radius 3 is 2.47 bits per heavy atom. The zero-order valence-electron chi connectivity index (χ0n) is 9.81. The summed E-state index contributed by atoms with van der Waals surface area (Å²) in [6.45, 7) is 3.85. The molecular formula is C12H17ClFNO2. The van der Waals surface area contributed by atoms with Gasteiger partial charge in [0.15, 0.2) is 0 Å². The molecule has 0 fully saturated rings. The Kier molecular flexibility index (Phi) is 6.76. The first-order valence-corrected chi connectivity index (χ1v) is 5.22. The third kappa shape index (κ3) is 4.71. The second kappa shape index (κ2) is 7.25. The normalized spacial score (nSPS) is 12.0. The number of carbonyl (C=O) groups is 1. The molecule has 0 spiro atoms. The molecule has 0 amide bonds. The molecule has 1 unspecified atom stereocenters. The molecule has 2 N–H and O–H groups in total. The Morgan fingerprint density at radius 1 is 1.41 bits per heavy atom. The van der Waals surface area contributed by atoms with Crippen LogP contribution in [0.2, 0.25) is 0 Å². The van der Waals surface area contributed by atoms with Crippen LogP contribution in [0.25, 0.3) is 0 Å². The number of aliphatic carboxylic acids is 1. The van der Waals surface area contributed by atoms with Crippen LogP contribution in [0, 0.1) is 11.7 Å². The molecular weight excluding hydrogens is 245 g/mol. The SMILES string of the molecule is CC(C)C(NCc1ccccc1F)C(=O)O.Cl. The summed E-state index contributed by atoms with van der Waals surface area (Å²) in [6, 6.07) is 5.69. The van der Waals surface area contributed by atoms with Gasteiger partial charge in [0, 0.05) is 12.1 Å². The molecule has 0 aliphatic heterocycles. The van der Waals surface area contributed by atoms with Gasteiger partial charge in [-0.05, 0) is 12.0 Å². The zero-order valence-corrected chi connectivity index (χ0v) is 10.6. The van der Waals surface area contributed by atoms with Crippen molar-refractivity contribution in [3.8, 4) is 0 Å². The number of carboxylic acids is 1. The van der Waals surface area contributed by atoms with Crippen molar-refractivity contribution in [3.05, 3.63) is 35.6 Å². The topological polar surface area (TPSA) is 49.3 Å². The minimum absolute atomic E-state index is 0. The summed E-state index contributed by atoms with van der Waals surface area (Å²) in [7, 11) is 0. The molecule has 3 nitrogen and oxygen atoms in total. The van der Waals surface area contributed by atoms with Gasteiger partial charge in [-0.25, -0.2) is 4.39 Å². The van der Waals surface area contributed by atoms with Gasteiger partial charge in [-0.1, -0.05) is 32.0 Å². The molecule has 0 heterocycles. The van der Waals surface area contributed by atoms with Crippen LogP contribution in [0.5, 0.6) is 0 Å². The van der Waals surface area contributed by atoms with Gasteiger partial charge in [0.1, 0.15) is 11.9 Å². The van der Waals surface area contributed by atoms with Crippen molar-refractivity contribution in [2.24, 2.45) is 5.92 Å². The van der Waals surface area contributed by atoms with Gasteiger partial charge < -0.3 is 5.11 Å². The molecule has 1 atom stereocenters. The first-order valence-electron chi connectivity index (χ1n) is 5.22. The lowest BCUT2D eigenvalue weighted by atomic mass is 10.0. The third-order valence-corrected chi connectivity index (χ3v) is 2.40. The predicted molar refractivity (Wildman–Crippen MR) is 66.7 cm³/mol. The van der Waals surface area contributed by atoms with E-state index in [0.29, 0.717) is 5.56 Å². The fourth-order valence-electron chi connectivity index (χ4n) is 1.47. The van der Waals surface area contributed by atoms with E-state index in [1.807, 2.05) is 13.8 Å². The maximum absolute atomic E-state index is 13.3. The van der Waals surface area contributed by atoms with Crippen molar-refractivity contribution in [2.45, 2.75) is 26.4 Å². The van der Waals surface area contributed by atoms with Gasteiger partial charge >= 0.3 is 5.97 Å². The summed E-state index contributed by atoms with van der Waals surface area (Å²) in [6.07, 6.45) is 0. The highest BCUT2D eigenvalue weighted by molar-refractivity contribution is 5.85. The lowest BCUT2D eigenvalue weighted by Crippen LogP contribution is -2.40. The van der Waals surface area contributed by atoms with E-state index in [9.17, 15) is 9.18 Å². The summed E-state index contributed by atoms with van der Waals surface area (Å²) >= 11 is 0. The largest absolute Gasteiger partial charge is 0.480 e. The van der Waals surface area contributed by atoms with Crippen LogP contribution in [0.1, 0.15) is 19.4 Å². The van der Waals surface area contributed by atoms with E-state index in [4.69, 9.17) is 5.11 Å². The molecule has 0 saturated heterocycles. The van der Waals surface area contributed by atoms with Gasteiger partial charge in [0.2, 0.25) is 0 Å². The predicted octanol–water partition coefficient (Wildman–Crippen LogP) is 2.45. The van der Waals surface area contributed by atoms with E-state index in [0.717, 1.165) is 0 Å². The number of benzene rings is 1. The Hall–Kier alpha value is -1.13. The number of hydrogen-bond donors (Lipinski definition) is 2. The molecule has 0 radical (unpaired) electrons. The Labute approximate surface area is 106 Å². The summed E-state index contributed by atoms with van der Waals surface area (Å²) < 4.78 is 13.3. The van der Waals surface area contributed by atoms with E-state index in [1.165, 1.54) is 6.07 Å². The monoisotopic (exact) mass is 261 g/mol. The highest BCUT2D eigenvalue weighted by Crippen LogP contribution is 2.08. The number of halogens is 2. The molecule has 1 aromatic carbocycles. The first-order chi connectivity index (χ1) is 7.52. The van der Waals surface area contributed by atoms with Gasteiger partial charge in [-0.15, -0.1) is 12.4 Å². The van der Waals surface area contributed by atoms with Crippen molar-refractivity contribution in [2.75, 3.05) is 0 Å². The zero-order chi connectivity index (χ0) is 12.1. The van der Waals surface area contributed by atoms with Crippen molar-refractivity contribution in [3.63, 3.8) is 0 Å². The molecule has 1 aromatic rings. The van der Waals surface area contributed by atoms with Crippen LogP contribution in [0.15, 0.2) is 24.3 Å². The maximum Gasteiger partial charge on any atom is 0.320 e. The minimum atomic E-state index is -0.911. The number of carboxylic acid groups (broad SMARTS) is 1.